The van der Waals surface area contributed by atoms with E-state index in [0.29, 0.717) is 145 Å². The summed E-state index contributed by atoms with van der Waals surface area (Å²) in [6.45, 7) is 12.9. The molecule has 0 aliphatic carbocycles. The number of hydrogen-bond acceptors (Lipinski definition) is 33. The summed E-state index contributed by atoms with van der Waals surface area (Å²) < 4.78 is 69.7. The highest BCUT2D eigenvalue weighted by molar-refractivity contribution is 7.08. The number of carbonyl (C=O) groups is 9. The quantitative estimate of drug-likeness (QED) is 0.0420. The molecule has 12 aromatic rings. The van der Waals surface area contributed by atoms with Crippen molar-refractivity contribution in [1.29, 1.82) is 0 Å². The van der Waals surface area contributed by atoms with Crippen LogP contribution < -0.4 is 97.5 Å². The number of hydrogen-bond donors (Lipinski definition) is 1. The number of fused-ring (bicyclic) bond motifs is 4. The molecule has 0 saturated carbocycles. The van der Waals surface area contributed by atoms with Crippen LogP contribution in [-0.2, 0) is 62.1 Å². The summed E-state index contributed by atoms with van der Waals surface area (Å²) >= 11 is 53.9. The standard InChI is InChI=1S/4C25H20Cl2N2O6S.C2H4O2/c4*1-12-21(24(32)34-4)22(15-6-8-18(35-13(2)30)19(9-15)33-3)29-23(31)20(36-25(29)28-12)10-14-5-7-16(26)11-17(14)27;1-2(3)4/h4*5-11,22H,1-4H3;1H3,(H,3,4)/b4*20-10+;. The van der Waals surface area contributed by atoms with Gasteiger partial charge in [0.1, 0.15) is 0 Å². The largest absolute Gasteiger partial charge is 0.493 e. The molecular weight excluding hydrogens is 2170 g/mol. The molecule has 34 nitrogen and oxygen atoms in total. The minimum Gasteiger partial charge on any atom is -0.493 e. The van der Waals surface area contributed by atoms with Gasteiger partial charge >= 0.3 is 47.8 Å². The van der Waals surface area contributed by atoms with Crippen LogP contribution in [0.15, 0.2) is 230 Å². The van der Waals surface area contributed by atoms with Crippen molar-refractivity contribution in [3.05, 3.63) is 354 Å². The first kappa shape index (κ1) is 113. The fourth-order valence-corrected chi connectivity index (χ4v) is 21.4. The fourth-order valence-electron chi connectivity index (χ4n) is 15.4. The highest BCUT2D eigenvalue weighted by Gasteiger charge is 2.40. The zero-order chi connectivity index (χ0) is 108. The maximum Gasteiger partial charge on any atom is 0.338 e. The first-order chi connectivity index (χ1) is 70.3. The van der Waals surface area contributed by atoms with Crippen LogP contribution in [0.4, 0.5) is 0 Å². The highest BCUT2D eigenvalue weighted by atomic mass is 35.5. The normalized spacial score (nSPS) is 15.0. The van der Waals surface area contributed by atoms with Gasteiger partial charge in [-0.15, -0.1) is 0 Å². The van der Waals surface area contributed by atoms with Crippen molar-refractivity contribution in [1.82, 2.24) is 18.3 Å². The number of carbonyl (C=O) groups excluding carboxylic acids is 8. The second-order valence-corrected chi connectivity index (χ2v) is 38.9. The van der Waals surface area contributed by atoms with Gasteiger partial charge < -0.3 is 61.9 Å². The molecule has 0 bridgehead atoms. The van der Waals surface area contributed by atoms with Gasteiger partial charge in [-0.3, -0.25) is 61.4 Å². The van der Waals surface area contributed by atoms with Crippen LogP contribution in [0.25, 0.3) is 24.3 Å². The fraction of sp³-hybridized carbons (Fsp3) is 0.206. The molecule has 4 aliphatic rings. The lowest BCUT2D eigenvalue weighted by molar-refractivity contribution is -0.137. The van der Waals surface area contributed by atoms with Crippen molar-refractivity contribution in [3.8, 4) is 46.0 Å². The third-order valence-corrected chi connectivity index (χ3v) is 27.9. The lowest BCUT2D eigenvalue weighted by atomic mass is 9.95. The van der Waals surface area contributed by atoms with E-state index < -0.39 is 77.9 Å². The van der Waals surface area contributed by atoms with Crippen molar-refractivity contribution in [2.45, 2.75) is 86.5 Å². The van der Waals surface area contributed by atoms with Gasteiger partial charge in [0.2, 0.25) is 0 Å². The van der Waals surface area contributed by atoms with E-state index in [1.54, 1.807) is 198 Å². The smallest absolute Gasteiger partial charge is 0.338 e. The second kappa shape index (κ2) is 49.1. The van der Waals surface area contributed by atoms with Gasteiger partial charge in [0.05, 0.1) is 144 Å². The number of allylic oxidation sites excluding steroid dienone is 4. The van der Waals surface area contributed by atoms with Crippen LogP contribution in [0.2, 0.25) is 40.2 Å². The molecule has 1 N–H and O–H groups in total. The number of halogens is 8. The van der Waals surface area contributed by atoms with Gasteiger partial charge in [-0.2, -0.15) is 0 Å². The Morgan fingerprint density at radius 2 is 0.473 bits per heavy atom. The molecule has 0 fully saturated rings. The zero-order valence-corrected chi connectivity index (χ0v) is 90.2. The molecule has 8 aromatic carbocycles. The van der Waals surface area contributed by atoms with Gasteiger partial charge in [-0.25, -0.2) is 39.1 Å². The van der Waals surface area contributed by atoms with Crippen molar-refractivity contribution in [2.75, 3.05) is 56.9 Å². The molecule has 0 radical (unpaired) electrons. The lowest BCUT2D eigenvalue weighted by Gasteiger charge is -2.25. The first-order valence-corrected chi connectivity index (χ1v) is 49.5. The Morgan fingerprint density at radius 3 is 0.628 bits per heavy atom. The van der Waals surface area contributed by atoms with E-state index in [2.05, 4.69) is 20.0 Å². The average Bonchev–Trinajstić information content (AvgIpc) is 1.59. The van der Waals surface area contributed by atoms with Crippen molar-refractivity contribution in [3.63, 3.8) is 0 Å². The molecule has 0 spiro atoms. The minimum absolute atomic E-state index is 0.197. The molecule has 4 unspecified atom stereocenters. The average molecular weight is 2250 g/mol. The Labute approximate surface area is 895 Å². The number of carboxylic acid groups (broad SMARTS) is 1. The van der Waals surface area contributed by atoms with Crippen LogP contribution in [0.1, 0.15) is 131 Å². The van der Waals surface area contributed by atoms with E-state index in [1.165, 1.54) is 103 Å². The van der Waals surface area contributed by atoms with Crippen molar-refractivity contribution >= 4 is 216 Å². The number of rotatable bonds is 20. The molecule has 4 atom stereocenters. The van der Waals surface area contributed by atoms with Crippen LogP contribution in [-0.4, -0.2) is 134 Å². The summed E-state index contributed by atoms with van der Waals surface area (Å²) in [5, 5.41) is 10.9. The third-order valence-electron chi connectivity index (χ3n) is 21.7. The van der Waals surface area contributed by atoms with E-state index in [4.69, 9.17) is 160 Å². The molecule has 4 aliphatic heterocycles. The molecule has 16 rings (SSSR count). The van der Waals surface area contributed by atoms with Gasteiger partial charge in [0.15, 0.2) is 65.2 Å². The number of methoxy groups -OCH3 is 8. The van der Waals surface area contributed by atoms with Crippen LogP contribution >= 0.6 is 138 Å². The van der Waals surface area contributed by atoms with Gasteiger partial charge in [-0.05, 0) is 194 Å². The van der Waals surface area contributed by atoms with Crippen LogP contribution in [0, 0.1) is 0 Å². The molecule has 768 valence electrons. The number of thiazole rings is 4. The SMILES string of the molecule is CC(=O)O.COC(=O)C1=C(C)N=c2s/c(=C/c3ccc(Cl)cc3Cl)c(=O)n2C1c1ccc(OC(C)=O)c(OC)c1.COC(=O)C1=C(C)N=c2s/c(=C/c3ccc(Cl)cc3Cl)c(=O)n2C1c1ccc(OC(C)=O)c(OC)c1.COC(=O)C1=C(C)N=c2s/c(=C/c3ccc(Cl)cc3Cl)c(=O)n2C1c1ccc(OC(C)=O)c(OC)c1.COC(=O)C1=C(C)N=c2s/c(=C/c3ccc(Cl)cc3Cl)c(=O)n2C1c1ccc(OC(C)=O)c(OC)c1. The number of aromatic nitrogens is 4. The Kier molecular flexibility index (Phi) is 37.4. The van der Waals surface area contributed by atoms with Gasteiger partial charge in [0.25, 0.3) is 28.2 Å². The molecule has 0 saturated heterocycles. The van der Waals surface area contributed by atoms with Crippen molar-refractivity contribution < 1.29 is 105 Å². The predicted octanol–water partition coefficient (Wildman–Crippen LogP) is 14.7. The van der Waals surface area contributed by atoms with Gasteiger partial charge in [0, 0.05) is 74.8 Å². The maximum absolute atomic E-state index is 13.6. The molecular formula is C102H84Cl8N8O26S4. The predicted molar refractivity (Wildman–Crippen MR) is 559 cm³/mol. The summed E-state index contributed by atoms with van der Waals surface area (Å²) in [5.41, 5.74) is 5.54. The van der Waals surface area contributed by atoms with Crippen molar-refractivity contribution in [2.24, 2.45) is 20.0 Å². The molecule has 8 heterocycles. The van der Waals surface area contributed by atoms with E-state index in [1.807, 2.05) is 0 Å². The second-order valence-electron chi connectivity index (χ2n) is 31.5. The number of carboxylic acids is 1. The Balaban J connectivity index is 0.000000173. The topological polar surface area (TPSA) is 422 Å². The third kappa shape index (κ3) is 25.5. The van der Waals surface area contributed by atoms with E-state index in [-0.39, 0.29) is 90.5 Å². The highest BCUT2D eigenvalue weighted by Crippen LogP contribution is 2.43. The summed E-state index contributed by atoms with van der Waals surface area (Å²) in [5.74, 6) is -3.52. The number of nitrogens with zero attached hydrogens (tertiary/aromatic N) is 8. The number of benzene rings is 8. The number of esters is 8. The van der Waals surface area contributed by atoms with E-state index >= 15 is 0 Å². The monoisotopic (exact) mass is 2240 g/mol. The molecule has 4 aromatic heterocycles. The summed E-state index contributed by atoms with van der Waals surface area (Å²) in [4.78, 5) is 180. The molecule has 46 heteroatoms. The summed E-state index contributed by atoms with van der Waals surface area (Å²) in [7, 11) is 10.8. The van der Waals surface area contributed by atoms with Gasteiger partial charge in [-0.1, -0.05) is 187 Å². The lowest BCUT2D eigenvalue weighted by Crippen LogP contribution is -2.39. The zero-order valence-electron chi connectivity index (χ0n) is 80.9. The van der Waals surface area contributed by atoms with Crippen LogP contribution in [0.3, 0.4) is 0 Å². The van der Waals surface area contributed by atoms with E-state index in [0.717, 1.165) is 52.3 Å². The van der Waals surface area contributed by atoms with E-state index in [9.17, 15) is 57.5 Å². The maximum atomic E-state index is 13.6. The molecule has 0 amide bonds. The number of aliphatic carboxylic acids is 1. The Morgan fingerprint density at radius 1 is 0.291 bits per heavy atom. The molecule has 148 heavy (non-hydrogen) atoms. The summed E-state index contributed by atoms with van der Waals surface area (Å²) in [6, 6.07) is 35.7. The number of ether oxygens (including phenoxy) is 12. The Hall–Kier alpha value is -14.1. The Bertz CT molecular complexity index is 7500. The first-order valence-electron chi connectivity index (χ1n) is 43.2. The van der Waals surface area contributed by atoms with Crippen LogP contribution in [0.5, 0.6) is 46.0 Å². The summed E-state index contributed by atoms with van der Waals surface area (Å²) in [6.07, 6.45) is 6.62. The minimum atomic E-state index is -0.864.